The van der Waals surface area contributed by atoms with Crippen molar-refractivity contribution in [3.8, 4) is 0 Å². The van der Waals surface area contributed by atoms with Crippen molar-refractivity contribution in [1.29, 1.82) is 0 Å². The third-order valence-electron chi connectivity index (χ3n) is 3.96. The number of benzene rings is 2. The molecule has 2 aromatic carbocycles. The first-order valence-corrected chi connectivity index (χ1v) is 7.99. The molecular formula is C18H19ClN2O. The Labute approximate surface area is 135 Å². The Bertz CT molecular complexity index is 672. The van der Waals surface area contributed by atoms with Gasteiger partial charge in [-0.25, -0.2) is 0 Å². The number of anilines is 2. The highest BCUT2D eigenvalue weighted by Gasteiger charge is 2.17. The molecule has 1 amide bonds. The molecule has 1 N–H and O–H groups in total. The number of hydrogen-bond donors (Lipinski definition) is 1. The van der Waals surface area contributed by atoms with E-state index in [2.05, 4.69) is 34.5 Å². The summed E-state index contributed by atoms with van der Waals surface area (Å²) in [5.74, 6) is -0.00356. The van der Waals surface area contributed by atoms with Gasteiger partial charge in [-0.3, -0.25) is 4.79 Å². The molecule has 1 aliphatic heterocycles. The van der Waals surface area contributed by atoms with Gasteiger partial charge in [0.1, 0.15) is 0 Å². The fourth-order valence-corrected chi connectivity index (χ4v) is 3.04. The molecule has 3 nitrogen and oxygen atoms in total. The predicted octanol–water partition coefficient (Wildman–Crippen LogP) is 4.12. The average molecular weight is 315 g/mol. The van der Waals surface area contributed by atoms with Crippen LogP contribution in [0.2, 0.25) is 5.02 Å². The first-order chi connectivity index (χ1) is 10.7. The quantitative estimate of drug-likeness (QED) is 0.920. The molecule has 0 radical (unpaired) electrons. The van der Waals surface area contributed by atoms with Crippen LogP contribution >= 0.6 is 11.6 Å². The number of rotatable bonds is 4. The second-order valence-electron chi connectivity index (χ2n) is 5.50. The third kappa shape index (κ3) is 3.42. The zero-order chi connectivity index (χ0) is 15.4. The van der Waals surface area contributed by atoms with Crippen LogP contribution in [0.4, 0.5) is 11.4 Å². The Morgan fingerprint density at radius 1 is 1.14 bits per heavy atom. The van der Waals surface area contributed by atoms with Crippen LogP contribution in [0.5, 0.6) is 0 Å². The molecule has 1 aliphatic rings. The van der Waals surface area contributed by atoms with Crippen LogP contribution in [0.15, 0.2) is 48.5 Å². The first-order valence-electron chi connectivity index (χ1n) is 7.61. The zero-order valence-electron chi connectivity index (χ0n) is 12.4. The molecule has 0 aliphatic carbocycles. The molecule has 2 aromatic rings. The number of hydrogen-bond acceptors (Lipinski definition) is 2. The summed E-state index contributed by atoms with van der Waals surface area (Å²) < 4.78 is 0. The smallest absolute Gasteiger partial charge is 0.226 e. The van der Waals surface area contributed by atoms with Crippen LogP contribution in [-0.2, 0) is 11.2 Å². The van der Waals surface area contributed by atoms with Gasteiger partial charge < -0.3 is 10.2 Å². The first kappa shape index (κ1) is 14.9. The van der Waals surface area contributed by atoms with Crippen LogP contribution in [0.1, 0.15) is 18.4 Å². The molecule has 22 heavy (non-hydrogen) atoms. The van der Waals surface area contributed by atoms with Crippen LogP contribution in [0.3, 0.4) is 0 Å². The molecule has 0 spiro atoms. The van der Waals surface area contributed by atoms with Gasteiger partial charge in [0.25, 0.3) is 0 Å². The zero-order valence-corrected chi connectivity index (χ0v) is 13.1. The number of para-hydroxylation sites is 2. The van der Waals surface area contributed by atoms with Crippen molar-refractivity contribution in [2.45, 2.75) is 19.3 Å². The molecule has 114 valence electrons. The van der Waals surface area contributed by atoms with Crippen LogP contribution in [-0.4, -0.2) is 19.0 Å². The van der Waals surface area contributed by atoms with Gasteiger partial charge in [0.05, 0.1) is 10.7 Å². The lowest BCUT2D eigenvalue weighted by Gasteiger charge is -2.31. The van der Waals surface area contributed by atoms with Crippen LogP contribution < -0.4 is 10.2 Å². The van der Waals surface area contributed by atoms with E-state index < -0.39 is 0 Å². The van der Waals surface area contributed by atoms with Crippen molar-refractivity contribution in [3.63, 3.8) is 0 Å². The van der Waals surface area contributed by atoms with Gasteiger partial charge in [0.15, 0.2) is 0 Å². The predicted molar refractivity (Wildman–Crippen MR) is 91.7 cm³/mol. The maximum absolute atomic E-state index is 12.1. The summed E-state index contributed by atoms with van der Waals surface area (Å²) in [5, 5.41) is 3.44. The lowest BCUT2D eigenvalue weighted by molar-refractivity contribution is -0.116. The normalized spacial score (nSPS) is 13.6. The summed E-state index contributed by atoms with van der Waals surface area (Å²) in [6.45, 7) is 1.74. The summed E-state index contributed by atoms with van der Waals surface area (Å²) in [7, 11) is 0. The second-order valence-corrected chi connectivity index (χ2v) is 5.90. The van der Waals surface area contributed by atoms with E-state index in [-0.39, 0.29) is 5.91 Å². The van der Waals surface area contributed by atoms with E-state index in [1.54, 1.807) is 6.07 Å². The number of carbonyl (C=O) groups is 1. The minimum atomic E-state index is -0.00356. The molecule has 0 fully saturated rings. The van der Waals surface area contributed by atoms with E-state index >= 15 is 0 Å². The molecule has 0 bridgehead atoms. The van der Waals surface area contributed by atoms with E-state index in [1.165, 1.54) is 11.3 Å². The van der Waals surface area contributed by atoms with Crippen molar-refractivity contribution in [2.75, 3.05) is 23.3 Å². The fraction of sp³-hybridized carbons (Fsp3) is 0.278. The molecule has 1 heterocycles. The standard InChI is InChI=1S/C18H19ClN2O/c19-15-8-2-3-9-16(15)20-18(22)11-13-21-12-5-7-14-6-1-4-10-17(14)21/h1-4,6,8-10H,5,7,11-13H2,(H,20,22). The fourth-order valence-electron chi connectivity index (χ4n) is 2.86. The second kappa shape index (κ2) is 6.84. The largest absolute Gasteiger partial charge is 0.371 e. The summed E-state index contributed by atoms with van der Waals surface area (Å²) in [6.07, 6.45) is 2.72. The van der Waals surface area contributed by atoms with Gasteiger partial charge >= 0.3 is 0 Å². The Balaban J connectivity index is 1.59. The minimum Gasteiger partial charge on any atom is -0.371 e. The number of fused-ring (bicyclic) bond motifs is 1. The number of carbonyl (C=O) groups excluding carboxylic acids is 1. The molecule has 0 unspecified atom stereocenters. The van der Waals surface area contributed by atoms with Crippen LogP contribution in [0.25, 0.3) is 0 Å². The van der Waals surface area contributed by atoms with E-state index in [0.717, 1.165) is 25.9 Å². The van der Waals surface area contributed by atoms with E-state index in [1.807, 2.05) is 18.2 Å². The van der Waals surface area contributed by atoms with Gasteiger partial charge in [0.2, 0.25) is 5.91 Å². The van der Waals surface area contributed by atoms with Crippen molar-refractivity contribution in [3.05, 3.63) is 59.1 Å². The monoisotopic (exact) mass is 314 g/mol. The van der Waals surface area contributed by atoms with Gasteiger partial charge in [0, 0.05) is 25.2 Å². The van der Waals surface area contributed by atoms with Crippen molar-refractivity contribution >= 4 is 28.9 Å². The molecule has 0 saturated heterocycles. The van der Waals surface area contributed by atoms with Gasteiger partial charge in [-0.1, -0.05) is 41.9 Å². The lowest BCUT2D eigenvalue weighted by atomic mass is 10.0. The van der Waals surface area contributed by atoms with Crippen molar-refractivity contribution in [1.82, 2.24) is 0 Å². The maximum Gasteiger partial charge on any atom is 0.226 e. The van der Waals surface area contributed by atoms with Crippen LogP contribution in [0, 0.1) is 0 Å². The Morgan fingerprint density at radius 3 is 2.77 bits per heavy atom. The topological polar surface area (TPSA) is 32.3 Å². The van der Waals surface area contributed by atoms with Crippen molar-refractivity contribution < 1.29 is 4.79 Å². The number of aryl methyl sites for hydroxylation is 1. The van der Waals surface area contributed by atoms with Gasteiger partial charge in [-0.05, 0) is 36.6 Å². The maximum atomic E-state index is 12.1. The number of nitrogens with one attached hydrogen (secondary N) is 1. The van der Waals surface area contributed by atoms with Gasteiger partial charge in [-0.15, -0.1) is 0 Å². The number of amides is 1. The summed E-state index contributed by atoms with van der Waals surface area (Å²) in [5.41, 5.74) is 3.31. The Kier molecular flexibility index (Phi) is 4.64. The van der Waals surface area contributed by atoms with E-state index in [9.17, 15) is 4.79 Å². The third-order valence-corrected chi connectivity index (χ3v) is 4.29. The average Bonchev–Trinajstić information content (AvgIpc) is 2.55. The highest BCUT2D eigenvalue weighted by Crippen LogP contribution is 2.27. The molecular weight excluding hydrogens is 296 g/mol. The van der Waals surface area contributed by atoms with Gasteiger partial charge in [-0.2, -0.15) is 0 Å². The highest BCUT2D eigenvalue weighted by atomic mass is 35.5. The summed E-state index contributed by atoms with van der Waals surface area (Å²) in [6, 6.07) is 15.7. The lowest BCUT2D eigenvalue weighted by Crippen LogP contribution is -2.32. The van der Waals surface area contributed by atoms with Crippen molar-refractivity contribution in [2.24, 2.45) is 0 Å². The molecule has 3 rings (SSSR count). The number of halogens is 1. The molecule has 0 aromatic heterocycles. The highest BCUT2D eigenvalue weighted by molar-refractivity contribution is 6.33. The molecule has 0 saturated carbocycles. The Morgan fingerprint density at radius 2 is 1.91 bits per heavy atom. The van der Waals surface area contributed by atoms with E-state index in [0.29, 0.717) is 17.1 Å². The summed E-state index contributed by atoms with van der Waals surface area (Å²) in [4.78, 5) is 14.4. The van der Waals surface area contributed by atoms with E-state index in [4.69, 9.17) is 11.6 Å². The molecule has 0 atom stereocenters. The SMILES string of the molecule is O=C(CCN1CCCc2ccccc21)Nc1ccccc1Cl. The number of nitrogens with zero attached hydrogens (tertiary/aromatic N) is 1. The molecule has 4 heteroatoms. The Hall–Kier alpha value is -2.00. The summed E-state index contributed by atoms with van der Waals surface area (Å²) >= 11 is 6.06. The minimum absolute atomic E-state index is 0.00356.